The Morgan fingerprint density at radius 3 is 2.68 bits per heavy atom. The molecule has 1 N–H and O–H groups in total. The number of hydrogen-bond donors (Lipinski definition) is 1. The number of rotatable bonds is 4. The predicted octanol–water partition coefficient (Wildman–Crippen LogP) is 3.59. The van der Waals surface area contributed by atoms with Gasteiger partial charge in [0.2, 0.25) is 0 Å². The van der Waals surface area contributed by atoms with E-state index in [1.54, 1.807) is 12.1 Å². The molecule has 0 aliphatic carbocycles. The zero-order chi connectivity index (χ0) is 13.8. The lowest BCUT2D eigenvalue weighted by molar-refractivity contribution is 0.0696. The first-order valence-electron chi connectivity index (χ1n) is 6.05. The van der Waals surface area contributed by atoms with Crippen LogP contribution in [0.3, 0.4) is 0 Å². The lowest BCUT2D eigenvalue weighted by Gasteiger charge is -2.07. The molecular weight excluding hydrogens is 262 g/mol. The van der Waals surface area contributed by atoms with E-state index in [1.807, 2.05) is 18.3 Å². The summed E-state index contributed by atoms with van der Waals surface area (Å²) in [4.78, 5) is 15.5. The van der Waals surface area contributed by atoms with Gasteiger partial charge in [0.15, 0.2) is 0 Å². The van der Waals surface area contributed by atoms with Crippen molar-refractivity contribution < 1.29 is 9.90 Å². The van der Waals surface area contributed by atoms with Crippen LogP contribution in [0.15, 0.2) is 36.5 Å². The van der Waals surface area contributed by atoms with Gasteiger partial charge in [-0.1, -0.05) is 30.7 Å². The Kier molecular flexibility index (Phi) is 4.17. The van der Waals surface area contributed by atoms with Gasteiger partial charge >= 0.3 is 5.97 Å². The highest BCUT2D eigenvalue weighted by atomic mass is 35.5. The largest absolute Gasteiger partial charge is 0.478 e. The van der Waals surface area contributed by atoms with E-state index in [0.29, 0.717) is 17.0 Å². The Morgan fingerprint density at radius 1 is 1.32 bits per heavy atom. The predicted molar refractivity (Wildman–Crippen MR) is 74.8 cm³/mol. The van der Waals surface area contributed by atoms with Crippen LogP contribution in [0.4, 0.5) is 0 Å². The van der Waals surface area contributed by atoms with Crippen LogP contribution < -0.4 is 0 Å². The number of aromatic nitrogens is 1. The van der Waals surface area contributed by atoms with Crippen LogP contribution in [-0.2, 0) is 12.8 Å². The van der Waals surface area contributed by atoms with Gasteiger partial charge in [-0.25, -0.2) is 4.79 Å². The minimum absolute atomic E-state index is 0.230. The summed E-state index contributed by atoms with van der Waals surface area (Å²) in [6.45, 7) is 2.07. The highest BCUT2D eigenvalue weighted by Gasteiger charge is 2.11. The van der Waals surface area contributed by atoms with E-state index in [4.69, 9.17) is 11.6 Å². The van der Waals surface area contributed by atoms with Crippen molar-refractivity contribution >= 4 is 17.6 Å². The summed E-state index contributed by atoms with van der Waals surface area (Å²) < 4.78 is 0. The molecule has 4 heteroatoms. The normalized spacial score (nSPS) is 10.4. The number of aromatic carboxylic acids is 1. The average Bonchev–Trinajstić information content (AvgIpc) is 2.41. The number of carboxylic acids is 1. The molecule has 2 rings (SSSR count). The molecule has 0 saturated heterocycles. The number of nitrogens with zero attached hydrogens (tertiary/aromatic N) is 1. The SMILES string of the molecule is CCc1ccc(Cc2ccc(Cl)cc2C(=O)O)nc1. The molecule has 1 aromatic heterocycles. The van der Waals surface area contributed by atoms with E-state index < -0.39 is 5.97 Å². The van der Waals surface area contributed by atoms with Crippen LogP contribution in [-0.4, -0.2) is 16.1 Å². The van der Waals surface area contributed by atoms with Crippen molar-refractivity contribution in [3.05, 3.63) is 63.9 Å². The van der Waals surface area contributed by atoms with Crippen LogP contribution in [0.5, 0.6) is 0 Å². The molecule has 0 amide bonds. The quantitative estimate of drug-likeness (QED) is 0.928. The average molecular weight is 276 g/mol. The van der Waals surface area contributed by atoms with Crippen LogP contribution in [0.1, 0.15) is 34.1 Å². The third-order valence-electron chi connectivity index (χ3n) is 2.97. The molecule has 98 valence electrons. The molecule has 0 aliphatic rings. The summed E-state index contributed by atoms with van der Waals surface area (Å²) in [6, 6.07) is 8.85. The number of carboxylic acid groups (broad SMARTS) is 1. The summed E-state index contributed by atoms with van der Waals surface area (Å²) in [5.74, 6) is -0.970. The molecule has 0 aliphatic heterocycles. The minimum Gasteiger partial charge on any atom is -0.478 e. The fraction of sp³-hybridized carbons (Fsp3) is 0.200. The monoisotopic (exact) mass is 275 g/mol. The first kappa shape index (κ1) is 13.6. The van der Waals surface area contributed by atoms with E-state index in [1.165, 1.54) is 11.6 Å². The van der Waals surface area contributed by atoms with Gasteiger partial charge in [-0.2, -0.15) is 0 Å². The zero-order valence-electron chi connectivity index (χ0n) is 10.6. The first-order chi connectivity index (χ1) is 9.10. The number of pyridine rings is 1. The molecule has 0 unspecified atom stereocenters. The summed E-state index contributed by atoms with van der Waals surface area (Å²) >= 11 is 5.82. The molecule has 0 bridgehead atoms. The molecule has 1 heterocycles. The van der Waals surface area contributed by atoms with Crippen molar-refractivity contribution in [1.29, 1.82) is 0 Å². The molecular formula is C15H14ClNO2. The third kappa shape index (κ3) is 3.32. The van der Waals surface area contributed by atoms with E-state index in [-0.39, 0.29) is 5.56 Å². The highest BCUT2D eigenvalue weighted by molar-refractivity contribution is 6.30. The van der Waals surface area contributed by atoms with Gasteiger partial charge in [0.25, 0.3) is 0 Å². The third-order valence-corrected chi connectivity index (χ3v) is 3.20. The molecule has 0 atom stereocenters. The van der Waals surface area contributed by atoms with Gasteiger partial charge in [-0.05, 0) is 35.7 Å². The maximum atomic E-state index is 11.2. The van der Waals surface area contributed by atoms with E-state index in [2.05, 4.69) is 11.9 Å². The molecule has 0 fully saturated rings. The van der Waals surface area contributed by atoms with Gasteiger partial charge < -0.3 is 5.11 Å². The van der Waals surface area contributed by atoms with Gasteiger partial charge in [0.05, 0.1) is 5.56 Å². The molecule has 0 saturated carbocycles. The second-order valence-corrected chi connectivity index (χ2v) is 4.73. The number of halogens is 1. The van der Waals surface area contributed by atoms with Crippen LogP contribution >= 0.6 is 11.6 Å². The summed E-state index contributed by atoms with van der Waals surface area (Å²) in [6.07, 6.45) is 3.25. The van der Waals surface area contributed by atoms with E-state index in [0.717, 1.165) is 12.1 Å². The van der Waals surface area contributed by atoms with Crippen LogP contribution in [0.25, 0.3) is 0 Å². The fourth-order valence-electron chi connectivity index (χ4n) is 1.87. The maximum Gasteiger partial charge on any atom is 0.336 e. The van der Waals surface area contributed by atoms with Gasteiger partial charge in [-0.3, -0.25) is 4.98 Å². The Morgan fingerprint density at radius 2 is 2.11 bits per heavy atom. The number of benzene rings is 1. The Bertz CT molecular complexity index is 594. The van der Waals surface area contributed by atoms with E-state index in [9.17, 15) is 9.90 Å². The number of carbonyl (C=O) groups is 1. The number of aryl methyl sites for hydroxylation is 1. The molecule has 19 heavy (non-hydrogen) atoms. The molecule has 0 radical (unpaired) electrons. The van der Waals surface area contributed by atoms with Gasteiger partial charge in [0.1, 0.15) is 0 Å². The Hall–Kier alpha value is -1.87. The second kappa shape index (κ2) is 5.85. The van der Waals surface area contributed by atoms with Gasteiger partial charge in [0, 0.05) is 23.3 Å². The van der Waals surface area contributed by atoms with Crippen molar-refractivity contribution in [2.24, 2.45) is 0 Å². The number of hydrogen-bond acceptors (Lipinski definition) is 2. The smallest absolute Gasteiger partial charge is 0.336 e. The van der Waals surface area contributed by atoms with Crippen molar-refractivity contribution in [3.63, 3.8) is 0 Å². The van der Waals surface area contributed by atoms with E-state index >= 15 is 0 Å². The first-order valence-corrected chi connectivity index (χ1v) is 6.43. The summed E-state index contributed by atoms with van der Waals surface area (Å²) in [7, 11) is 0. The maximum absolute atomic E-state index is 11.2. The topological polar surface area (TPSA) is 50.2 Å². The second-order valence-electron chi connectivity index (χ2n) is 4.29. The van der Waals surface area contributed by atoms with Crippen LogP contribution in [0.2, 0.25) is 5.02 Å². The fourth-order valence-corrected chi connectivity index (χ4v) is 2.04. The van der Waals surface area contributed by atoms with Crippen LogP contribution in [0, 0.1) is 0 Å². The highest BCUT2D eigenvalue weighted by Crippen LogP contribution is 2.19. The summed E-state index contributed by atoms with van der Waals surface area (Å²) in [5.41, 5.74) is 2.96. The lowest BCUT2D eigenvalue weighted by atomic mass is 10.0. The Balaban J connectivity index is 2.29. The van der Waals surface area contributed by atoms with Crippen molar-refractivity contribution in [1.82, 2.24) is 4.98 Å². The standard InChI is InChI=1S/C15H14ClNO2/c1-2-10-3-6-13(17-9-10)7-11-4-5-12(16)8-14(11)15(18)19/h3-6,8-9H,2,7H2,1H3,(H,18,19). The minimum atomic E-state index is -0.970. The molecule has 3 nitrogen and oxygen atoms in total. The molecule has 2 aromatic rings. The molecule has 0 spiro atoms. The van der Waals surface area contributed by atoms with Gasteiger partial charge in [-0.15, -0.1) is 0 Å². The zero-order valence-corrected chi connectivity index (χ0v) is 11.3. The lowest BCUT2D eigenvalue weighted by Crippen LogP contribution is -2.04. The van der Waals surface area contributed by atoms with Crippen molar-refractivity contribution in [2.75, 3.05) is 0 Å². The van der Waals surface area contributed by atoms with Crippen molar-refractivity contribution in [3.8, 4) is 0 Å². The van der Waals surface area contributed by atoms with Crippen molar-refractivity contribution in [2.45, 2.75) is 19.8 Å². The Labute approximate surface area is 116 Å². The summed E-state index contributed by atoms with van der Waals surface area (Å²) in [5, 5.41) is 9.60. The molecule has 1 aromatic carbocycles.